The Morgan fingerprint density at radius 3 is 2.55 bits per heavy atom. The van der Waals surface area contributed by atoms with Crippen LogP contribution in [-0.2, 0) is 0 Å². The molecule has 0 aliphatic rings. The minimum absolute atomic E-state index is 0.00592. The van der Waals surface area contributed by atoms with Crippen molar-refractivity contribution in [3.63, 3.8) is 0 Å². The first-order valence-electron chi connectivity index (χ1n) is 6.66. The van der Waals surface area contributed by atoms with Crippen molar-refractivity contribution in [3.8, 4) is 0 Å². The van der Waals surface area contributed by atoms with Crippen LogP contribution in [0.5, 0.6) is 0 Å². The van der Waals surface area contributed by atoms with Gasteiger partial charge in [-0.1, -0.05) is 13.8 Å². The summed E-state index contributed by atoms with van der Waals surface area (Å²) < 4.78 is 0. The first-order valence-corrected chi connectivity index (χ1v) is 6.66. The molecule has 0 spiro atoms. The normalized spacial score (nSPS) is 12.2. The van der Waals surface area contributed by atoms with Crippen LogP contribution in [0, 0.1) is 16.0 Å². The van der Waals surface area contributed by atoms with Crippen LogP contribution >= 0.6 is 0 Å². The molecular formula is C14H21N3O3. The number of carbonyl (C=O) groups excluding carboxylic acids is 1. The zero-order valence-corrected chi connectivity index (χ0v) is 12.1. The molecule has 3 N–H and O–H groups in total. The van der Waals surface area contributed by atoms with Gasteiger partial charge in [-0.15, -0.1) is 0 Å². The molecule has 6 heteroatoms. The van der Waals surface area contributed by atoms with Crippen LogP contribution in [0.1, 0.15) is 44.0 Å². The fourth-order valence-electron chi connectivity index (χ4n) is 1.85. The predicted octanol–water partition coefficient (Wildman–Crippen LogP) is 2.73. The molecule has 0 fully saturated rings. The fraction of sp³-hybridized carbons (Fsp3) is 0.500. The van der Waals surface area contributed by atoms with Gasteiger partial charge < -0.3 is 11.1 Å². The molecule has 6 nitrogen and oxygen atoms in total. The second kappa shape index (κ2) is 6.88. The second-order valence-electron chi connectivity index (χ2n) is 5.38. The van der Waals surface area contributed by atoms with Crippen LogP contribution in [0.4, 0.5) is 11.4 Å². The van der Waals surface area contributed by atoms with Gasteiger partial charge in [0, 0.05) is 17.8 Å². The number of nitrogen functional groups attached to an aromatic ring is 1. The molecule has 0 heterocycles. The SMILES string of the molecule is CC(C)CCC(C)NC(=O)c1cc(N)ccc1[N+](=O)[O-]. The molecule has 1 atom stereocenters. The number of carbonyl (C=O) groups is 1. The van der Waals surface area contributed by atoms with E-state index in [0.717, 1.165) is 12.8 Å². The van der Waals surface area contributed by atoms with E-state index in [-0.39, 0.29) is 17.3 Å². The molecule has 1 aromatic rings. The van der Waals surface area contributed by atoms with E-state index >= 15 is 0 Å². The Labute approximate surface area is 118 Å². The van der Waals surface area contributed by atoms with Gasteiger partial charge in [-0.3, -0.25) is 14.9 Å². The number of nitrogens with two attached hydrogens (primary N) is 1. The summed E-state index contributed by atoms with van der Waals surface area (Å²) in [6.07, 6.45) is 1.82. The largest absolute Gasteiger partial charge is 0.399 e. The van der Waals surface area contributed by atoms with E-state index in [0.29, 0.717) is 11.6 Å². The molecule has 0 aliphatic carbocycles. The van der Waals surface area contributed by atoms with Gasteiger partial charge in [-0.25, -0.2) is 0 Å². The standard InChI is InChI=1S/C14H21N3O3/c1-9(2)4-5-10(3)16-14(18)12-8-11(15)6-7-13(12)17(19)20/h6-10H,4-5,15H2,1-3H3,(H,16,18). The van der Waals surface area contributed by atoms with E-state index in [4.69, 9.17) is 5.73 Å². The number of rotatable bonds is 6. The summed E-state index contributed by atoms with van der Waals surface area (Å²) in [5, 5.41) is 13.7. The molecule has 110 valence electrons. The van der Waals surface area contributed by atoms with Crippen molar-refractivity contribution in [2.24, 2.45) is 5.92 Å². The minimum Gasteiger partial charge on any atom is -0.399 e. The van der Waals surface area contributed by atoms with Crippen molar-refractivity contribution in [1.29, 1.82) is 0 Å². The number of nitrogens with zero attached hydrogens (tertiary/aromatic N) is 1. The zero-order valence-electron chi connectivity index (χ0n) is 12.1. The first kappa shape index (κ1) is 15.9. The van der Waals surface area contributed by atoms with Crippen LogP contribution in [0.2, 0.25) is 0 Å². The number of hydrogen-bond acceptors (Lipinski definition) is 4. The lowest BCUT2D eigenvalue weighted by molar-refractivity contribution is -0.385. The number of nitrogens with one attached hydrogen (secondary N) is 1. The topological polar surface area (TPSA) is 98.3 Å². The number of anilines is 1. The van der Waals surface area contributed by atoms with Gasteiger partial charge in [-0.2, -0.15) is 0 Å². The number of nitro groups is 1. The number of benzene rings is 1. The van der Waals surface area contributed by atoms with E-state index in [9.17, 15) is 14.9 Å². The van der Waals surface area contributed by atoms with E-state index in [1.807, 2.05) is 6.92 Å². The van der Waals surface area contributed by atoms with Crippen molar-refractivity contribution in [2.75, 3.05) is 5.73 Å². The molecule has 1 rings (SSSR count). The number of hydrogen-bond donors (Lipinski definition) is 2. The second-order valence-corrected chi connectivity index (χ2v) is 5.38. The molecule has 1 unspecified atom stereocenters. The molecule has 1 amide bonds. The summed E-state index contributed by atoms with van der Waals surface area (Å²) in [6.45, 7) is 6.10. The molecule has 1 aromatic carbocycles. The highest BCUT2D eigenvalue weighted by Gasteiger charge is 2.21. The summed E-state index contributed by atoms with van der Waals surface area (Å²) >= 11 is 0. The summed E-state index contributed by atoms with van der Waals surface area (Å²) in [6, 6.07) is 3.97. The lowest BCUT2D eigenvalue weighted by Gasteiger charge is -2.15. The van der Waals surface area contributed by atoms with E-state index in [1.165, 1.54) is 18.2 Å². The smallest absolute Gasteiger partial charge is 0.282 e. The lowest BCUT2D eigenvalue weighted by Crippen LogP contribution is -2.33. The van der Waals surface area contributed by atoms with Crippen LogP contribution in [-0.4, -0.2) is 16.9 Å². The summed E-state index contributed by atoms with van der Waals surface area (Å²) in [4.78, 5) is 22.5. The van der Waals surface area contributed by atoms with Crippen molar-refractivity contribution < 1.29 is 9.72 Å². The van der Waals surface area contributed by atoms with Gasteiger partial charge in [0.05, 0.1) is 4.92 Å². The Balaban J connectivity index is 2.81. The maximum atomic E-state index is 12.1. The molecule has 0 radical (unpaired) electrons. The zero-order chi connectivity index (χ0) is 15.3. The molecule has 20 heavy (non-hydrogen) atoms. The van der Waals surface area contributed by atoms with Gasteiger partial charge >= 0.3 is 0 Å². The van der Waals surface area contributed by atoms with Crippen LogP contribution < -0.4 is 11.1 Å². The van der Waals surface area contributed by atoms with Crippen molar-refractivity contribution >= 4 is 17.3 Å². The molecule has 0 saturated heterocycles. The maximum absolute atomic E-state index is 12.1. The van der Waals surface area contributed by atoms with Crippen molar-refractivity contribution in [2.45, 2.75) is 39.7 Å². The molecular weight excluding hydrogens is 258 g/mol. The Morgan fingerprint density at radius 1 is 1.35 bits per heavy atom. The third-order valence-electron chi connectivity index (χ3n) is 3.02. The molecule has 0 aromatic heterocycles. The fourth-order valence-corrected chi connectivity index (χ4v) is 1.85. The van der Waals surface area contributed by atoms with E-state index < -0.39 is 10.8 Å². The first-order chi connectivity index (χ1) is 9.31. The Hall–Kier alpha value is -2.11. The molecule has 0 bridgehead atoms. The lowest BCUT2D eigenvalue weighted by atomic mass is 10.0. The average Bonchev–Trinajstić information content (AvgIpc) is 2.35. The van der Waals surface area contributed by atoms with Crippen LogP contribution in [0.3, 0.4) is 0 Å². The number of nitro benzene ring substituents is 1. The van der Waals surface area contributed by atoms with Gasteiger partial charge in [-0.05, 0) is 37.8 Å². The highest BCUT2D eigenvalue weighted by atomic mass is 16.6. The van der Waals surface area contributed by atoms with Gasteiger partial charge in [0.1, 0.15) is 5.56 Å². The third-order valence-corrected chi connectivity index (χ3v) is 3.02. The van der Waals surface area contributed by atoms with Gasteiger partial charge in [0.15, 0.2) is 0 Å². The highest BCUT2D eigenvalue weighted by molar-refractivity contribution is 5.99. The highest BCUT2D eigenvalue weighted by Crippen LogP contribution is 2.21. The minimum atomic E-state index is -0.576. The third kappa shape index (κ3) is 4.53. The Morgan fingerprint density at radius 2 is 2.00 bits per heavy atom. The molecule has 0 aliphatic heterocycles. The van der Waals surface area contributed by atoms with Gasteiger partial charge in [0.25, 0.3) is 11.6 Å². The monoisotopic (exact) mass is 279 g/mol. The Kier molecular flexibility index (Phi) is 5.49. The van der Waals surface area contributed by atoms with Gasteiger partial charge in [0.2, 0.25) is 0 Å². The summed E-state index contributed by atoms with van der Waals surface area (Å²) in [5.74, 6) is 0.0938. The molecule has 0 saturated carbocycles. The van der Waals surface area contributed by atoms with E-state index in [2.05, 4.69) is 19.2 Å². The quantitative estimate of drug-likeness (QED) is 0.475. The van der Waals surface area contributed by atoms with Crippen molar-refractivity contribution in [3.05, 3.63) is 33.9 Å². The van der Waals surface area contributed by atoms with Crippen molar-refractivity contribution in [1.82, 2.24) is 5.32 Å². The van der Waals surface area contributed by atoms with E-state index in [1.54, 1.807) is 0 Å². The van der Waals surface area contributed by atoms with Crippen LogP contribution in [0.25, 0.3) is 0 Å². The summed E-state index contributed by atoms with van der Waals surface area (Å²) in [5.41, 5.74) is 5.70. The average molecular weight is 279 g/mol. The van der Waals surface area contributed by atoms with Crippen LogP contribution in [0.15, 0.2) is 18.2 Å². The number of amides is 1. The maximum Gasteiger partial charge on any atom is 0.282 e. The Bertz CT molecular complexity index is 500. The predicted molar refractivity (Wildman–Crippen MR) is 78.5 cm³/mol. The summed E-state index contributed by atoms with van der Waals surface area (Å²) in [7, 11) is 0.